The van der Waals surface area contributed by atoms with Gasteiger partial charge in [-0.15, -0.1) is 0 Å². The van der Waals surface area contributed by atoms with Crippen molar-refractivity contribution < 1.29 is 4.79 Å². The highest BCUT2D eigenvalue weighted by molar-refractivity contribution is 6.09. The first kappa shape index (κ1) is 17.3. The first-order valence-electron chi connectivity index (χ1n) is 8.76. The van der Waals surface area contributed by atoms with E-state index in [0.29, 0.717) is 11.3 Å². The zero-order valence-electron chi connectivity index (χ0n) is 14.9. The van der Waals surface area contributed by atoms with Crippen molar-refractivity contribution in [1.82, 2.24) is 10.4 Å². The fourth-order valence-electron chi connectivity index (χ4n) is 3.08. The van der Waals surface area contributed by atoms with Crippen LogP contribution in [-0.2, 0) is 0 Å². The van der Waals surface area contributed by atoms with Crippen molar-refractivity contribution >= 4 is 23.0 Å². The Morgan fingerprint density at radius 2 is 1.68 bits per heavy atom. The molecule has 0 bridgehead atoms. The maximum atomic E-state index is 12.8. The Morgan fingerprint density at radius 3 is 2.43 bits per heavy atom. The molecule has 4 rings (SSSR count). The second kappa shape index (κ2) is 7.60. The zero-order chi connectivity index (χ0) is 19.3. The van der Waals surface area contributed by atoms with Crippen LogP contribution in [0.3, 0.4) is 0 Å². The van der Waals surface area contributed by atoms with Gasteiger partial charge in [0.05, 0.1) is 17.8 Å². The molecular weight excluding hydrogens is 348 g/mol. The number of fused-ring (bicyclic) bond motifs is 1. The monoisotopic (exact) mass is 364 g/mol. The van der Waals surface area contributed by atoms with Gasteiger partial charge in [0.1, 0.15) is 5.69 Å². The molecule has 5 nitrogen and oxygen atoms in total. The van der Waals surface area contributed by atoms with Gasteiger partial charge in [0, 0.05) is 16.5 Å². The SMILES string of the molecule is N#Cc1ccc(C=NNC(=O)c2[nH]c3ccccc3c2-c2ccccc2)cc1. The van der Waals surface area contributed by atoms with E-state index in [0.717, 1.165) is 27.6 Å². The van der Waals surface area contributed by atoms with E-state index in [4.69, 9.17) is 5.26 Å². The van der Waals surface area contributed by atoms with E-state index in [-0.39, 0.29) is 5.91 Å². The van der Waals surface area contributed by atoms with Gasteiger partial charge in [0.15, 0.2) is 0 Å². The number of carbonyl (C=O) groups excluding carboxylic acids is 1. The van der Waals surface area contributed by atoms with Crippen LogP contribution in [0.15, 0.2) is 84.0 Å². The largest absolute Gasteiger partial charge is 0.350 e. The molecule has 0 spiro atoms. The van der Waals surface area contributed by atoms with E-state index in [9.17, 15) is 4.79 Å². The van der Waals surface area contributed by atoms with Crippen molar-refractivity contribution in [3.8, 4) is 17.2 Å². The van der Waals surface area contributed by atoms with Crippen molar-refractivity contribution in [3.05, 3.63) is 95.7 Å². The third kappa shape index (κ3) is 3.39. The number of aromatic nitrogens is 1. The Hall–Kier alpha value is -4.17. The van der Waals surface area contributed by atoms with Crippen LogP contribution in [0.2, 0.25) is 0 Å². The molecule has 0 aliphatic heterocycles. The first-order chi connectivity index (χ1) is 13.8. The minimum atomic E-state index is -0.319. The summed E-state index contributed by atoms with van der Waals surface area (Å²) < 4.78 is 0. The normalized spacial score (nSPS) is 10.8. The van der Waals surface area contributed by atoms with E-state index in [1.165, 1.54) is 0 Å². The van der Waals surface area contributed by atoms with E-state index >= 15 is 0 Å². The first-order valence-corrected chi connectivity index (χ1v) is 8.76. The maximum Gasteiger partial charge on any atom is 0.288 e. The summed E-state index contributed by atoms with van der Waals surface area (Å²) in [6, 6.07) is 26.6. The fourth-order valence-corrected chi connectivity index (χ4v) is 3.08. The van der Waals surface area contributed by atoms with Crippen LogP contribution in [0.5, 0.6) is 0 Å². The second-order valence-corrected chi connectivity index (χ2v) is 6.22. The third-order valence-corrected chi connectivity index (χ3v) is 4.42. The molecule has 1 amide bonds. The summed E-state index contributed by atoms with van der Waals surface area (Å²) in [7, 11) is 0. The number of hydrogen-bond acceptors (Lipinski definition) is 3. The fraction of sp³-hybridized carbons (Fsp3) is 0. The van der Waals surface area contributed by atoms with E-state index < -0.39 is 0 Å². The summed E-state index contributed by atoms with van der Waals surface area (Å²) in [4.78, 5) is 16.0. The predicted octanol–water partition coefficient (Wildman–Crippen LogP) is 4.47. The number of nitrogens with zero attached hydrogens (tertiary/aromatic N) is 2. The molecule has 28 heavy (non-hydrogen) atoms. The van der Waals surface area contributed by atoms with Crippen LogP contribution in [0, 0.1) is 11.3 Å². The number of benzene rings is 3. The summed E-state index contributed by atoms with van der Waals surface area (Å²) in [6.07, 6.45) is 1.55. The quantitative estimate of drug-likeness (QED) is 0.414. The van der Waals surface area contributed by atoms with Crippen LogP contribution in [-0.4, -0.2) is 17.1 Å². The van der Waals surface area contributed by atoms with Gasteiger partial charge in [-0.1, -0.05) is 60.7 Å². The number of hydrogen-bond donors (Lipinski definition) is 2. The lowest BCUT2D eigenvalue weighted by atomic mass is 10.0. The minimum absolute atomic E-state index is 0.319. The lowest BCUT2D eigenvalue weighted by Crippen LogP contribution is -2.18. The number of amides is 1. The molecule has 3 aromatic carbocycles. The molecule has 0 saturated carbocycles. The molecule has 0 saturated heterocycles. The van der Waals surface area contributed by atoms with Gasteiger partial charge in [-0.2, -0.15) is 10.4 Å². The average molecular weight is 364 g/mol. The second-order valence-electron chi connectivity index (χ2n) is 6.22. The smallest absolute Gasteiger partial charge is 0.288 e. The van der Waals surface area contributed by atoms with Crippen molar-refractivity contribution in [2.24, 2.45) is 5.10 Å². The number of aromatic amines is 1. The molecule has 4 aromatic rings. The van der Waals surface area contributed by atoms with Crippen LogP contribution < -0.4 is 5.43 Å². The Morgan fingerprint density at radius 1 is 0.964 bits per heavy atom. The number of carbonyl (C=O) groups is 1. The average Bonchev–Trinajstić information content (AvgIpc) is 3.14. The summed E-state index contributed by atoms with van der Waals surface area (Å²) in [5, 5.41) is 13.9. The highest BCUT2D eigenvalue weighted by Crippen LogP contribution is 2.32. The number of H-pyrrole nitrogens is 1. The minimum Gasteiger partial charge on any atom is -0.350 e. The standard InChI is InChI=1S/C23H16N4O/c24-14-16-10-12-17(13-11-16)15-25-27-23(28)22-21(18-6-2-1-3-7-18)19-8-4-5-9-20(19)26-22/h1-13,15,26H,(H,27,28). The molecule has 0 atom stereocenters. The summed E-state index contributed by atoms with van der Waals surface area (Å²) in [5.74, 6) is -0.319. The van der Waals surface area contributed by atoms with Gasteiger partial charge in [-0.05, 0) is 29.3 Å². The molecule has 0 aliphatic carbocycles. The van der Waals surface area contributed by atoms with Crippen molar-refractivity contribution in [2.75, 3.05) is 0 Å². The van der Waals surface area contributed by atoms with Gasteiger partial charge < -0.3 is 4.98 Å². The Balaban J connectivity index is 1.64. The predicted molar refractivity (Wildman–Crippen MR) is 110 cm³/mol. The molecule has 0 unspecified atom stereocenters. The molecule has 134 valence electrons. The van der Waals surface area contributed by atoms with Crippen LogP contribution in [0.4, 0.5) is 0 Å². The summed E-state index contributed by atoms with van der Waals surface area (Å²) >= 11 is 0. The van der Waals surface area contributed by atoms with Gasteiger partial charge >= 0.3 is 0 Å². The number of nitriles is 1. The van der Waals surface area contributed by atoms with E-state index in [1.54, 1.807) is 30.5 Å². The number of nitrogens with one attached hydrogen (secondary N) is 2. The van der Waals surface area contributed by atoms with Crippen LogP contribution in [0.25, 0.3) is 22.0 Å². The Kier molecular flexibility index (Phi) is 4.68. The molecular formula is C23H16N4O. The third-order valence-electron chi connectivity index (χ3n) is 4.42. The number of rotatable bonds is 4. The van der Waals surface area contributed by atoms with E-state index in [2.05, 4.69) is 21.6 Å². The van der Waals surface area contributed by atoms with Gasteiger partial charge in [0.25, 0.3) is 5.91 Å². The van der Waals surface area contributed by atoms with Gasteiger partial charge in [-0.25, -0.2) is 5.43 Å². The summed E-state index contributed by atoms with van der Waals surface area (Å²) in [6.45, 7) is 0. The molecule has 0 aliphatic rings. The molecule has 1 aromatic heterocycles. The van der Waals surface area contributed by atoms with Crippen molar-refractivity contribution in [2.45, 2.75) is 0 Å². The summed E-state index contributed by atoms with van der Waals surface area (Å²) in [5.41, 5.74) is 7.11. The lowest BCUT2D eigenvalue weighted by Gasteiger charge is -2.04. The highest BCUT2D eigenvalue weighted by Gasteiger charge is 2.18. The highest BCUT2D eigenvalue weighted by atomic mass is 16.2. The maximum absolute atomic E-state index is 12.8. The Labute approximate surface area is 162 Å². The Bertz CT molecular complexity index is 1200. The molecule has 1 heterocycles. The van der Waals surface area contributed by atoms with Gasteiger partial charge in [-0.3, -0.25) is 4.79 Å². The van der Waals surface area contributed by atoms with Crippen molar-refractivity contribution in [1.29, 1.82) is 5.26 Å². The zero-order valence-corrected chi connectivity index (χ0v) is 14.9. The molecule has 2 N–H and O–H groups in total. The number of hydrazone groups is 1. The lowest BCUT2D eigenvalue weighted by molar-refractivity contribution is 0.0951. The van der Waals surface area contributed by atoms with Crippen LogP contribution >= 0.6 is 0 Å². The van der Waals surface area contributed by atoms with Crippen molar-refractivity contribution in [3.63, 3.8) is 0 Å². The van der Waals surface area contributed by atoms with Crippen LogP contribution in [0.1, 0.15) is 21.6 Å². The topological polar surface area (TPSA) is 81.0 Å². The van der Waals surface area contributed by atoms with Gasteiger partial charge in [0.2, 0.25) is 0 Å². The molecule has 0 fully saturated rings. The van der Waals surface area contributed by atoms with E-state index in [1.807, 2.05) is 54.6 Å². The number of para-hydroxylation sites is 1. The molecule has 5 heteroatoms. The molecule has 0 radical (unpaired) electrons.